The number of benzene rings is 1. The highest BCUT2D eigenvalue weighted by molar-refractivity contribution is 5.88. The molecule has 0 bridgehead atoms. The largest absolute Gasteiger partial charge is 0.478 e. The molecule has 1 saturated heterocycles. The number of aromatic carboxylic acids is 1. The average Bonchev–Trinajstić information content (AvgIpc) is 2.49. The molecule has 1 aromatic rings. The first kappa shape index (κ1) is 13.5. The SMILES string of the molecule is O=C(O)c1ccc(N2CCC3(CCCCC3)CC2)cc1. The van der Waals surface area contributed by atoms with Gasteiger partial charge in [0.1, 0.15) is 0 Å². The number of carbonyl (C=O) groups is 1. The lowest BCUT2D eigenvalue weighted by atomic mass is 9.68. The third-order valence-electron chi connectivity index (χ3n) is 5.22. The van der Waals surface area contributed by atoms with E-state index >= 15 is 0 Å². The van der Waals surface area contributed by atoms with Crippen LogP contribution in [0, 0.1) is 5.41 Å². The lowest BCUT2D eigenvalue weighted by Crippen LogP contribution is -2.41. The van der Waals surface area contributed by atoms with E-state index in [4.69, 9.17) is 5.11 Å². The molecule has 2 fully saturated rings. The summed E-state index contributed by atoms with van der Waals surface area (Å²) in [5.41, 5.74) is 2.16. The summed E-state index contributed by atoms with van der Waals surface area (Å²) in [6, 6.07) is 7.32. The molecule has 1 aliphatic heterocycles. The van der Waals surface area contributed by atoms with Crippen LogP contribution < -0.4 is 4.90 Å². The Morgan fingerprint density at radius 2 is 1.55 bits per heavy atom. The van der Waals surface area contributed by atoms with Gasteiger partial charge in [-0.15, -0.1) is 0 Å². The average molecular weight is 273 g/mol. The highest BCUT2D eigenvalue weighted by Gasteiger charge is 2.35. The van der Waals surface area contributed by atoms with Gasteiger partial charge in [-0.2, -0.15) is 0 Å². The van der Waals surface area contributed by atoms with Crippen LogP contribution in [0.1, 0.15) is 55.3 Å². The summed E-state index contributed by atoms with van der Waals surface area (Å²) in [6.45, 7) is 2.23. The normalized spacial score (nSPS) is 21.9. The van der Waals surface area contributed by atoms with Crippen LogP contribution in [-0.4, -0.2) is 24.2 Å². The second-order valence-electron chi connectivity index (χ2n) is 6.40. The minimum atomic E-state index is -0.851. The molecule has 108 valence electrons. The topological polar surface area (TPSA) is 40.5 Å². The van der Waals surface area contributed by atoms with E-state index in [1.165, 1.54) is 50.6 Å². The molecule has 1 heterocycles. The van der Waals surface area contributed by atoms with E-state index in [1.807, 2.05) is 12.1 Å². The van der Waals surface area contributed by atoms with Crippen LogP contribution >= 0.6 is 0 Å². The van der Waals surface area contributed by atoms with Crippen molar-refractivity contribution >= 4 is 11.7 Å². The highest BCUT2D eigenvalue weighted by atomic mass is 16.4. The molecule has 3 nitrogen and oxygen atoms in total. The van der Waals surface area contributed by atoms with E-state index in [0.29, 0.717) is 11.0 Å². The molecule has 0 aromatic heterocycles. The molecule has 2 aliphatic rings. The molecule has 0 atom stereocenters. The van der Waals surface area contributed by atoms with Crippen LogP contribution in [0.15, 0.2) is 24.3 Å². The van der Waals surface area contributed by atoms with Gasteiger partial charge in [0.05, 0.1) is 5.56 Å². The maximum Gasteiger partial charge on any atom is 0.335 e. The summed E-state index contributed by atoms with van der Waals surface area (Å²) in [4.78, 5) is 13.3. The van der Waals surface area contributed by atoms with Gasteiger partial charge < -0.3 is 10.0 Å². The molecule has 1 N–H and O–H groups in total. The van der Waals surface area contributed by atoms with Gasteiger partial charge in [-0.3, -0.25) is 0 Å². The summed E-state index contributed by atoms with van der Waals surface area (Å²) >= 11 is 0. The molecule has 3 heteroatoms. The number of rotatable bonds is 2. The number of carboxylic acids is 1. The molecule has 0 unspecified atom stereocenters. The van der Waals surface area contributed by atoms with E-state index in [0.717, 1.165) is 13.1 Å². The van der Waals surface area contributed by atoms with Crippen molar-refractivity contribution in [2.45, 2.75) is 44.9 Å². The summed E-state index contributed by atoms with van der Waals surface area (Å²) in [5.74, 6) is -0.851. The Morgan fingerprint density at radius 1 is 0.950 bits per heavy atom. The van der Waals surface area contributed by atoms with Crippen LogP contribution in [-0.2, 0) is 0 Å². The number of hydrogen-bond donors (Lipinski definition) is 1. The van der Waals surface area contributed by atoms with Gasteiger partial charge in [0.15, 0.2) is 0 Å². The van der Waals surface area contributed by atoms with Gasteiger partial charge >= 0.3 is 5.97 Å². The smallest absolute Gasteiger partial charge is 0.335 e. The fourth-order valence-electron chi connectivity index (χ4n) is 3.86. The van der Waals surface area contributed by atoms with Crippen LogP contribution in [0.3, 0.4) is 0 Å². The minimum absolute atomic E-state index is 0.370. The zero-order valence-electron chi connectivity index (χ0n) is 12.0. The summed E-state index contributed by atoms with van der Waals surface area (Å²) in [7, 11) is 0. The van der Waals surface area contributed by atoms with Gasteiger partial charge in [-0.1, -0.05) is 19.3 Å². The molecule has 1 spiro atoms. The Hall–Kier alpha value is -1.51. The van der Waals surface area contributed by atoms with Crippen molar-refractivity contribution in [2.75, 3.05) is 18.0 Å². The van der Waals surface area contributed by atoms with Crippen LogP contribution in [0.4, 0.5) is 5.69 Å². The maximum atomic E-state index is 10.9. The number of carboxylic acid groups (broad SMARTS) is 1. The van der Waals surface area contributed by atoms with Crippen molar-refractivity contribution in [2.24, 2.45) is 5.41 Å². The summed E-state index contributed by atoms with van der Waals surface area (Å²) in [5, 5.41) is 8.94. The molecule has 3 rings (SSSR count). The summed E-state index contributed by atoms with van der Waals surface area (Å²) in [6.07, 6.45) is 9.67. The van der Waals surface area contributed by atoms with Crippen molar-refractivity contribution in [1.29, 1.82) is 0 Å². The second kappa shape index (κ2) is 5.47. The predicted octanol–water partition coefficient (Wildman–Crippen LogP) is 3.94. The van der Waals surface area contributed by atoms with Crippen molar-refractivity contribution in [1.82, 2.24) is 0 Å². The molecular weight excluding hydrogens is 250 g/mol. The molecule has 1 aromatic carbocycles. The molecule has 0 radical (unpaired) electrons. The predicted molar refractivity (Wildman–Crippen MR) is 80.4 cm³/mol. The van der Waals surface area contributed by atoms with E-state index in [1.54, 1.807) is 12.1 Å². The van der Waals surface area contributed by atoms with Crippen molar-refractivity contribution in [3.05, 3.63) is 29.8 Å². The molecule has 1 aliphatic carbocycles. The third-order valence-corrected chi connectivity index (χ3v) is 5.22. The maximum absolute atomic E-state index is 10.9. The zero-order valence-corrected chi connectivity index (χ0v) is 12.0. The van der Waals surface area contributed by atoms with E-state index < -0.39 is 5.97 Å². The lowest BCUT2D eigenvalue weighted by Gasteiger charge is -2.45. The van der Waals surface area contributed by atoms with Crippen molar-refractivity contribution in [3.8, 4) is 0 Å². The second-order valence-corrected chi connectivity index (χ2v) is 6.40. The zero-order chi connectivity index (χ0) is 14.0. The van der Waals surface area contributed by atoms with Crippen molar-refractivity contribution < 1.29 is 9.90 Å². The Labute approximate surface area is 120 Å². The standard InChI is InChI=1S/C17H23NO2/c19-16(20)14-4-6-15(7-5-14)18-12-10-17(11-13-18)8-2-1-3-9-17/h4-7H,1-3,8-13H2,(H,19,20). The fourth-order valence-corrected chi connectivity index (χ4v) is 3.86. The third kappa shape index (κ3) is 2.67. The number of piperidine rings is 1. The molecule has 1 saturated carbocycles. The first-order valence-electron chi connectivity index (χ1n) is 7.77. The molecule has 20 heavy (non-hydrogen) atoms. The van der Waals surface area contributed by atoms with Crippen LogP contribution in [0.25, 0.3) is 0 Å². The lowest BCUT2D eigenvalue weighted by molar-refractivity contribution is 0.0697. The number of anilines is 1. The number of nitrogens with zero attached hydrogens (tertiary/aromatic N) is 1. The molecular formula is C17H23NO2. The Kier molecular flexibility index (Phi) is 3.68. The fraction of sp³-hybridized carbons (Fsp3) is 0.588. The Balaban J connectivity index is 1.64. The quantitative estimate of drug-likeness (QED) is 0.887. The van der Waals surface area contributed by atoms with E-state index in [2.05, 4.69) is 4.90 Å². The monoisotopic (exact) mass is 273 g/mol. The van der Waals surface area contributed by atoms with Gasteiger partial charge in [-0.05, 0) is 55.4 Å². The first-order valence-corrected chi connectivity index (χ1v) is 7.77. The van der Waals surface area contributed by atoms with Gasteiger partial charge in [-0.25, -0.2) is 4.79 Å². The van der Waals surface area contributed by atoms with Crippen LogP contribution in [0.2, 0.25) is 0 Å². The highest BCUT2D eigenvalue weighted by Crippen LogP contribution is 2.45. The first-order chi connectivity index (χ1) is 9.69. The van der Waals surface area contributed by atoms with Gasteiger partial charge in [0.2, 0.25) is 0 Å². The van der Waals surface area contributed by atoms with Crippen LogP contribution in [0.5, 0.6) is 0 Å². The van der Waals surface area contributed by atoms with E-state index in [9.17, 15) is 4.79 Å². The molecule has 0 amide bonds. The van der Waals surface area contributed by atoms with E-state index in [-0.39, 0.29) is 0 Å². The minimum Gasteiger partial charge on any atom is -0.478 e. The Morgan fingerprint density at radius 3 is 2.10 bits per heavy atom. The van der Waals surface area contributed by atoms with Gasteiger partial charge in [0, 0.05) is 18.8 Å². The Bertz CT molecular complexity index is 464. The number of hydrogen-bond acceptors (Lipinski definition) is 2. The summed E-state index contributed by atoms with van der Waals surface area (Å²) < 4.78 is 0. The van der Waals surface area contributed by atoms with Gasteiger partial charge in [0.25, 0.3) is 0 Å². The van der Waals surface area contributed by atoms with Crippen molar-refractivity contribution in [3.63, 3.8) is 0 Å².